The van der Waals surface area contributed by atoms with Crippen molar-refractivity contribution in [1.82, 2.24) is 14.8 Å². The van der Waals surface area contributed by atoms with Crippen LogP contribution < -0.4 is 0 Å². The third kappa shape index (κ3) is 2.58. The first-order valence-corrected chi connectivity index (χ1v) is 7.40. The van der Waals surface area contributed by atoms with E-state index < -0.39 is 0 Å². The average Bonchev–Trinajstić information content (AvgIpc) is 3.16. The molecule has 1 fully saturated rings. The molecule has 4 heteroatoms. The largest absolute Gasteiger partial charge is 0.306 e. The molecule has 1 atom stereocenters. The van der Waals surface area contributed by atoms with Crippen molar-refractivity contribution >= 4 is 11.8 Å². The fourth-order valence-corrected chi connectivity index (χ4v) is 3.06. The predicted octanol–water partition coefficient (Wildman–Crippen LogP) is 3.51. The summed E-state index contributed by atoms with van der Waals surface area (Å²) in [4.78, 5) is 0. The lowest BCUT2D eigenvalue weighted by Gasteiger charge is -2.11. The van der Waals surface area contributed by atoms with Crippen LogP contribution >= 0.6 is 11.8 Å². The molecule has 3 nitrogen and oxygen atoms in total. The highest BCUT2D eigenvalue weighted by Crippen LogP contribution is 2.37. The maximum Gasteiger partial charge on any atom is 0.191 e. The zero-order valence-electron chi connectivity index (χ0n) is 10.5. The zero-order chi connectivity index (χ0) is 12.4. The highest BCUT2D eigenvalue weighted by Gasteiger charge is 2.26. The highest BCUT2D eigenvalue weighted by molar-refractivity contribution is 7.99. The summed E-state index contributed by atoms with van der Waals surface area (Å²) < 4.78 is 2.22. The van der Waals surface area contributed by atoms with Crippen LogP contribution in [-0.4, -0.2) is 20.5 Å². The monoisotopic (exact) mass is 259 g/mol. The molecular weight excluding hydrogens is 242 g/mol. The van der Waals surface area contributed by atoms with E-state index in [1.807, 2.05) is 18.1 Å². The lowest BCUT2D eigenvalue weighted by Crippen LogP contribution is -2.00. The summed E-state index contributed by atoms with van der Waals surface area (Å²) in [7, 11) is 0. The first kappa shape index (κ1) is 11.8. The molecule has 1 saturated carbocycles. The first-order valence-electron chi connectivity index (χ1n) is 6.42. The van der Waals surface area contributed by atoms with Crippen LogP contribution in [0.1, 0.15) is 37.3 Å². The van der Waals surface area contributed by atoms with E-state index in [9.17, 15) is 0 Å². The molecule has 1 aliphatic carbocycles. The minimum absolute atomic E-state index is 0.542. The van der Waals surface area contributed by atoms with Crippen molar-refractivity contribution in [3.63, 3.8) is 0 Å². The lowest BCUT2D eigenvalue weighted by atomic mass is 10.0. The van der Waals surface area contributed by atoms with Crippen molar-refractivity contribution in [1.29, 1.82) is 0 Å². The highest BCUT2D eigenvalue weighted by atomic mass is 32.2. The molecule has 0 aliphatic heterocycles. The summed E-state index contributed by atoms with van der Waals surface area (Å²) in [6.07, 6.45) is 4.42. The van der Waals surface area contributed by atoms with Gasteiger partial charge in [-0.1, -0.05) is 49.0 Å². The predicted molar refractivity (Wildman–Crippen MR) is 73.9 cm³/mol. The van der Waals surface area contributed by atoms with Crippen molar-refractivity contribution in [2.75, 3.05) is 5.75 Å². The molecule has 1 aromatic heterocycles. The number of hydrogen-bond donors (Lipinski definition) is 0. The summed E-state index contributed by atoms with van der Waals surface area (Å²) in [5.74, 6) is 1.59. The molecule has 0 saturated heterocycles. The molecule has 0 unspecified atom stereocenters. The Hall–Kier alpha value is -1.29. The van der Waals surface area contributed by atoms with Crippen LogP contribution in [0.3, 0.4) is 0 Å². The molecule has 94 valence electrons. The summed E-state index contributed by atoms with van der Waals surface area (Å²) in [6, 6.07) is 11.3. The number of rotatable bonds is 5. The van der Waals surface area contributed by atoms with Crippen LogP contribution in [0.15, 0.2) is 41.8 Å². The quantitative estimate of drug-likeness (QED) is 0.770. The van der Waals surface area contributed by atoms with Gasteiger partial charge in [-0.25, -0.2) is 0 Å². The third-order valence-corrected chi connectivity index (χ3v) is 4.53. The van der Waals surface area contributed by atoms with Crippen LogP contribution in [0.2, 0.25) is 0 Å². The Morgan fingerprint density at radius 1 is 1.33 bits per heavy atom. The van der Waals surface area contributed by atoms with Crippen LogP contribution in [0, 0.1) is 0 Å². The van der Waals surface area contributed by atoms with Crippen molar-refractivity contribution in [2.45, 2.75) is 36.9 Å². The summed E-state index contributed by atoms with van der Waals surface area (Å²) in [5, 5.41) is 9.31. The average molecular weight is 259 g/mol. The second-order valence-electron chi connectivity index (χ2n) is 4.87. The van der Waals surface area contributed by atoms with Gasteiger partial charge in [0.25, 0.3) is 0 Å². The summed E-state index contributed by atoms with van der Waals surface area (Å²) in [5.41, 5.74) is 1.39. The van der Waals surface area contributed by atoms with E-state index in [1.54, 1.807) is 0 Å². The van der Waals surface area contributed by atoms with Gasteiger partial charge < -0.3 is 4.57 Å². The van der Waals surface area contributed by atoms with Gasteiger partial charge in [-0.05, 0) is 24.3 Å². The Kier molecular flexibility index (Phi) is 3.37. The van der Waals surface area contributed by atoms with Crippen LogP contribution in [0.25, 0.3) is 0 Å². The number of nitrogens with zero attached hydrogens (tertiary/aromatic N) is 3. The molecule has 0 N–H and O–H groups in total. The molecule has 0 spiro atoms. The maximum absolute atomic E-state index is 4.22. The van der Waals surface area contributed by atoms with Gasteiger partial charge in [0.05, 0.1) is 0 Å². The van der Waals surface area contributed by atoms with Crippen LogP contribution in [0.4, 0.5) is 0 Å². The number of aromatic nitrogens is 3. The van der Waals surface area contributed by atoms with E-state index in [1.165, 1.54) is 18.4 Å². The molecule has 0 amide bonds. The first-order chi connectivity index (χ1) is 8.84. The minimum atomic E-state index is 0.542. The van der Waals surface area contributed by atoms with Crippen LogP contribution in [-0.2, 0) is 0 Å². The van der Waals surface area contributed by atoms with Gasteiger partial charge >= 0.3 is 0 Å². The second-order valence-corrected chi connectivity index (χ2v) is 5.86. The topological polar surface area (TPSA) is 30.7 Å². The number of benzene rings is 1. The molecule has 18 heavy (non-hydrogen) atoms. The standard InChI is InChI=1S/C14H17N3S/c1-11(12-5-3-2-4-6-12)9-18-14-16-15-10-17(14)13-7-8-13/h2-6,10-11,13H,7-9H2,1H3/t11-/m1/s1. The Labute approximate surface area is 112 Å². The molecule has 1 heterocycles. The van der Waals surface area contributed by atoms with E-state index in [0.29, 0.717) is 12.0 Å². The van der Waals surface area contributed by atoms with E-state index in [2.05, 4.69) is 52.0 Å². The number of hydrogen-bond acceptors (Lipinski definition) is 3. The molecule has 3 rings (SSSR count). The fourth-order valence-electron chi connectivity index (χ4n) is 2.02. The molecule has 1 aromatic carbocycles. The van der Waals surface area contributed by atoms with Gasteiger partial charge in [-0.15, -0.1) is 10.2 Å². The van der Waals surface area contributed by atoms with Gasteiger partial charge in [0.2, 0.25) is 0 Å². The zero-order valence-corrected chi connectivity index (χ0v) is 11.3. The van der Waals surface area contributed by atoms with Crippen molar-refractivity contribution in [3.05, 3.63) is 42.2 Å². The van der Waals surface area contributed by atoms with E-state index in [-0.39, 0.29) is 0 Å². The third-order valence-electron chi connectivity index (χ3n) is 3.31. The van der Waals surface area contributed by atoms with Gasteiger partial charge in [-0.2, -0.15) is 0 Å². The molecular formula is C14H17N3S. The summed E-state index contributed by atoms with van der Waals surface area (Å²) >= 11 is 1.81. The SMILES string of the molecule is C[C@H](CSc1nncn1C1CC1)c1ccccc1. The summed E-state index contributed by atoms with van der Waals surface area (Å²) in [6.45, 7) is 2.26. The van der Waals surface area contributed by atoms with Crippen molar-refractivity contribution in [3.8, 4) is 0 Å². The molecule has 2 aromatic rings. The lowest BCUT2D eigenvalue weighted by molar-refractivity contribution is 0.662. The van der Waals surface area contributed by atoms with Gasteiger partial charge in [0, 0.05) is 11.8 Å². The Balaban J connectivity index is 1.62. The molecule has 1 aliphatic rings. The van der Waals surface area contributed by atoms with Gasteiger partial charge in [-0.3, -0.25) is 0 Å². The normalized spacial score (nSPS) is 16.7. The molecule has 0 bridgehead atoms. The second kappa shape index (κ2) is 5.14. The maximum atomic E-state index is 4.22. The van der Waals surface area contributed by atoms with Crippen molar-refractivity contribution < 1.29 is 0 Å². The fraction of sp³-hybridized carbons (Fsp3) is 0.429. The Morgan fingerprint density at radius 3 is 2.83 bits per heavy atom. The Bertz CT molecular complexity index is 505. The van der Waals surface area contributed by atoms with Gasteiger partial charge in [0.1, 0.15) is 6.33 Å². The molecule has 0 radical (unpaired) electrons. The smallest absolute Gasteiger partial charge is 0.191 e. The Morgan fingerprint density at radius 2 is 2.11 bits per heavy atom. The number of thioether (sulfide) groups is 1. The van der Waals surface area contributed by atoms with Gasteiger partial charge in [0.15, 0.2) is 5.16 Å². The van der Waals surface area contributed by atoms with E-state index in [4.69, 9.17) is 0 Å². The van der Waals surface area contributed by atoms with E-state index in [0.717, 1.165) is 10.9 Å². The van der Waals surface area contributed by atoms with E-state index >= 15 is 0 Å². The van der Waals surface area contributed by atoms with Crippen molar-refractivity contribution in [2.24, 2.45) is 0 Å². The van der Waals surface area contributed by atoms with Crippen LogP contribution in [0.5, 0.6) is 0 Å². The minimum Gasteiger partial charge on any atom is -0.306 e.